The summed E-state index contributed by atoms with van der Waals surface area (Å²) >= 11 is 3.28. The molecule has 19 heavy (non-hydrogen) atoms. The SMILES string of the molecule is NCCc1sc(-c2cscn2)nc1-c1ccccc1. The van der Waals surface area contributed by atoms with Gasteiger partial charge >= 0.3 is 0 Å². The zero-order valence-electron chi connectivity index (χ0n) is 10.2. The van der Waals surface area contributed by atoms with E-state index in [1.165, 1.54) is 4.88 Å². The predicted molar refractivity (Wildman–Crippen MR) is 81.4 cm³/mol. The van der Waals surface area contributed by atoms with Crippen LogP contribution in [0.15, 0.2) is 41.2 Å². The Morgan fingerprint density at radius 3 is 2.68 bits per heavy atom. The Hall–Kier alpha value is -1.56. The molecule has 0 aliphatic heterocycles. The number of hydrogen-bond acceptors (Lipinski definition) is 5. The number of rotatable bonds is 4. The molecule has 3 nitrogen and oxygen atoms in total. The standard InChI is InChI=1S/C14H13N3S2/c15-7-6-12-13(10-4-2-1-3-5-10)17-14(19-12)11-8-18-9-16-11/h1-5,8-9H,6-7,15H2. The van der Waals surface area contributed by atoms with E-state index < -0.39 is 0 Å². The maximum absolute atomic E-state index is 5.70. The van der Waals surface area contributed by atoms with Gasteiger partial charge in [0.05, 0.1) is 11.2 Å². The second kappa shape index (κ2) is 5.61. The second-order valence-corrected chi connectivity index (χ2v) is 5.87. The summed E-state index contributed by atoms with van der Waals surface area (Å²) in [5, 5.41) is 3.00. The van der Waals surface area contributed by atoms with Crippen LogP contribution in [0.3, 0.4) is 0 Å². The summed E-state index contributed by atoms with van der Waals surface area (Å²) in [5.41, 5.74) is 10.7. The highest BCUT2D eigenvalue weighted by Gasteiger charge is 2.14. The Bertz CT molecular complexity index is 645. The van der Waals surface area contributed by atoms with Crippen molar-refractivity contribution in [2.45, 2.75) is 6.42 Å². The molecule has 0 saturated carbocycles. The van der Waals surface area contributed by atoms with Crippen LogP contribution in [0.4, 0.5) is 0 Å². The lowest BCUT2D eigenvalue weighted by molar-refractivity contribution is 0.986. The van der Waals surface area contributed by atoms with E-state index in [4.69, 9.17) is 10.7 Å². The minimum atomic E-state index is 0.637. The molecule has 0 bridgehead atoms. The summed E-state index contributed by atoms with van der Waals surface area (Å²) in [6.45, 7) is 0.637. The number of nitrogens with two attached hydrogens (primary N) is 1. The van der Waals surface area contributed by atoms with Crippen LogP contribution in [0.25, 0.3) is 22.0 Å². The Kier molecular flexibility index (Phi) is 3.68. The Balaban J connectivity index is 2.08. The fraction of sp³-hybridized carbons (Fsp3) is 0.143. The van der Waals surface area contributed by atoms with Crippen LogP contribution < -0.4 is 5.73 Å². The maximum atomic E-state index is 5.70. The summed E-state index contributed by atoms with van der Waals surface area (Å²) in [4.78, 5) is 10.3. The quantitative estimate of drug-likeness (QED) is 0.799. The molecule has 0 aliphatic carbocycles. The van der Waals surface area contributed by atoms with Gasteiger partial charge in [0.1, 0.15) is 10.7 Å². The Labute approximate surface area is 119 Å². The van der Waals surface area contributed by atoms with Crippen molar-refractivity contribution in [3.8, 4) is 22.0 Å². The van der Waals surface area contributed by atoms with E-state index in [-0.39, 0.29) is 0 Å². The number of nitrogens with zero attached hydrogens (tertiary/aromatic N) is 2. The average molecular weight is 287 g/mol. The van der Waals surface area contributed by atoms with Gasteiger partial charge in [-0.3, -0.25) is 0 Å². The molecule has 1 aromatic carbocycles. The third-order valence-electron chi connectivity index (χ3n) is 2.77. The summed E-state index contributed by atoms with van der Waals surface area (Å²) in [6, 6.07) is 10.2. The van der Waals surface area contributed by atoms with Crippen LogP contribution in [-0.4, -0.2) is 16.5 Å². The molecule has 0 radical (unpaired) electrons. The van der Waals surface area contributed by atoms with Crippen molar-refractivity contribution < 1.29 is 0 Å². The zero-order valence-corrected chi connectivity index (χ0v) is 11.9. The van der Waals surface area contributed by atoms with Crippen LogP contribution in [-0.2, 0) is 6.42 Å². The Morgan fingerprint density at radius 1 is 1.16 bits per heavy atom. The largest absolute Gasteiger partial charge is 0.330 e. The first-order chi connectivity index (χ1) is 9.38. The molecule has 3 rings (SSSR count). The molecule has 0 saturated heterocycles. The van der Waals surface area contributed by atoms with Crippen LogP contribution in [0.1, 0.15) is 4.88 Å². The Morgan fingerprint density at radius 2 is 2.00 bits per heavy atom. The number of aromatic nitrogens is 2. The molecule has 2 heterocycles. The van der Waals surface area contributed by atoms with Crippen LogP contribution in [0.5, 0.6) is 0 Å². The highest BCUT2D eigenvalue weighted by Crippen LogP contribution is 2.33. The van der Waals surface area contributed by atoms with E-state index in [0.29, 0.717) is 6.54 Å². The molecule has 0 fully saturated rings. The summed E-state index contributed by atoms with van der Waals surface area (Å²) in [6.07, 6.45) is 0.853. The van der Waals surface area contributed by atoms with Gasteiger partial charge in [-0.15, -0.1) is 22.7 Å². The lowest BCUT2D eigenvalue weighted by atomic mass is 10.1. The van der Waals surface area contributed by atoms with E-state index in [1.807, 2.05) is 29.1 Å². The molecule has 0 aliphatic rings. The van der Waals surface area contributed by atoms with Gasteiger partial charge in [0, 0.05) is 15.8 Å². The second-order valence-electron chi connectivity index (χ2n) is 4.07. The van der Waals surface area contributed by atoms with E-state index in [2.05, 4.69) is 17.1 Å². The minimum Gasteiger partial charge on any atom is -0.330 e. The van der Waals surface area contributed by atoms with Crippen LogP contribution in [0, 0.1) is 0 Å². The van der Waals surface area contributed by atoms with Crippen molar-refractivity contribution in [2.24, 2.45) is 5.73 Å². The topological polar surface area (TPSA) is 51.8 Å². The zero-order chi connectivity index (χ0) is 13.1. The fourth-order valence-corrected chi connectivity index (χ4v) is 3.58. The van der Waals surface area contributed by atoms with Crippen molar-refractivity contribution in [3.63, 3.8) is 0 Å². The van der Waals surface area contributed by atoms with E-state index in [1.54, 1.807) is 22.7 Å². The third-order valence-corrected chi connectivity index (χ3v) is 4.49. The molecular formula is C14H13N3S2. The van der Waals surface area contributed by atoms with Gasteiger partial charge in [0.15, 0.2) is 0 Å². The van der Waals surface area contributed by atoms with E-state index >= 15 is 0 Å². The van der Waals surface area contributed by atoms with Crippen LogP contribution in [0.2, 0.25) is 0 Å². The number of thiazole rings is 2. The smallest absolute Gasteiger partial charge is 0.143 e. The van der Waals surface area contributed by atoms with Gasteiger partial charge in [-0.2, -0.15) is 0 Å². The maximum Gasteiger partial charge on any atom is 0.143 e. The van der Waals surface area contributed by atoms with Gasteiger partial charge < -0.3 is 5.73 Å². The first-order valence-electron chi connectivity index (χ1n) is 6.02. The van der Waals surface area contributed by atoms with E-state index in [0.717, 1.165) is 28.4 Å². The van der Waals surface area contributed by atoms with Crippen molar-refractivity contribution in [1.29, 1.82) is 0 Å². The first-order valence-corrected chi connectivity index (χ1v) is 7.78. The normalized spacial score (nSPS) is 10.8. The molecule has 3 aromatic rings. The van der Waals surface area contributed by atoms with Gasteiger partial charge in [-0.25, -0.2) is 9.97 Å². The molecule has 0 spiro atoms. The average Bonchev–Trinajstić information content (AvgIpc) is 3.08. The summed E-state index contributed by atoms with van der Waals surface area (Å²) < 4.78 is 0. The monoisotopic (exact) mass is 287 g/mol. The molecule has 0 unspecified atom stereocenters. The molecule has 2 N–H and O–H groups in total. The van der Waals surface area contributed by atoms with Gasteiger partial charge in [0.2, 0.25) is 0 Å². The van der Waals surface area contributed by atoms with Crippen molar-refractivity contribution in [2.75, 3.05) is 6.54 Å². The van der Waals surface area contributed by atoms with Crippen molar-refractivity contribution in [1.82, 2.24) is 9.97 Å². The highest BCUT2D eigenvalue weighted by atomic mass is 32.1. The molecule has 2 aromatic heterocycles. The third kappa shape index (κ3) is 2.58. The van der Waals surface area contributed by atoms with Gasteiger partial charge in [-0.05, 0) is 13.0 Å². The van der Waals surface area contributed by atoms with Gasteiger partial charge in [-0.1, -0.05) is 30.3 Å². The minimum absolute atomic E-state index is 0.637. The molecule has 0 atom stereocenters. The summed E-state index contributed by atoms with van der Waals surface area (Å²) in [5.74, 6) is 0. The first kappa shape index (κ1) is 12.5. The predicted octanol–water partition coefficient (Wildman–Crippen LogP) is 3.43. The highest BCUT2D eigenvalue weighted by molar-refractivity contribution is 7.16. The van der Waals surface area contributed by atoms with Crippen LogP contribution >= 0.6 is 22.7 Å². The molecule has 5 heteroatoms. The summed E-state index contributed by atoms with van der Waals surface area (Å²) in [7, 11) is 0. The van der Waals surface area contributed by atoms with E-state index in [9.17, 15) is 0 Å². The number of benzene rings is 1. The fourth-order valence-electron chi connectivity index (χ4n) is 1.90. The lowest BCUT2D eigenvalue weighted by Crippen LogP contribution is -2.02. The molecule has 0 amide bonds. The molecule has 96 valence electrons. The lowest BCUT2D eigenvalue weighted by Gasteiger charge is -2.00. The number of hydrogen-bond donors (Lipinski definition) is 1. The van der Waals surface area contributed by atoms with Crippen molar-refractivity contribution in [3.05, 3.63) is 46.1 Å². The van der Waals surface area contributed by atoms with Gasteiger partial charge in [0.25, 0.3) is 0 Å². The van der Waals surface area contributed by atoms with Crippen molar-refractivity contribution >= 4 is 22.7 Å². The molecular weight excluding hydrogens is 274 g/mol.